The molecule has 0 bridgehead atoms. The van der Waals surface area contributed by atoms with Crippen molar-refractivity contribution in [1.82, 2.24) is 19.9 Å². The van der Waals surface area contributed by atoms with Crippen molar-refractivity contribution in [3.63, 3.8) is 0 Å². The fraction of sp³-hybridized carbons (Fsp3) is 0.167. The van der Waals surface area contributed by atoms with E-state index in [9.17, 15) is 0 Å². The molecule has 0 amide bonds. The van der Waals surface area contributed by atoms with Crippen LogP contribution in [0.25, 0.3) is 11.3 Å². The number of halogens is 5. The van der Waals surface area contributed by atoms with Gasteiger partial charge in [0.25, 0.3) is 0 Å². The fourth-order valence-electron chi connectivity index (χ4n) is 2.66. The van der Waals surface area contributed by atoms with Crippen molar-refractivity contribution in [2.75, 3.05) is 28.4 Å². The summed E-state index contributed by atoms with van der Waals surface area (Å²) in [5.41, 5.74) is 1.44. The van der Waals surface area contributed by atoms with Gasteiger partial charge in [-0.05, 0) is 65.7 Å². The van der Waals surface area contributed by atoms with E-state index in [0.29, 0.717) is 27.5 Å². The summed E-state index contributed by atoms with van der Waals surface area (Å²) >= 11 is 25.7. The van der Waals surface area contributed by atoms with Crippen LogP contribution < -0.4 is 18.9 Å². The predicted octanol–water partition coefficient (Wildman–Crippen LogP) is 7.72. The molecule has 2 aromatic carbocycles. The minimum absolute atomic E-state index is 0.104. The molecule has 13 heteroatoms. The van der Waals surface area contributed by atoms with Crippen LogP contribution in [0, 0.1) is 0 Å². The Morgan fingerprint density at radius 2 is 1.16 bits per heavy atom. The Hall–Kier alpha value is -2.56. The van der Waals surface area contributed by atoms with E-state index in [1.807, 2.05) is 24.3 Å². The van der Waals surface area contributed by atoms with Gasteiger partial charge in [0.1, 0.15) is 10.3 Å². The van der Waals surface area contributed by atoms with Crippen molar-refractivity contribution < 1.29 is 18.9 Å². The number of hydrogen-bond acceptors (Lipinski definition) is 8. The molecule has 0 aliphatic carbocycles. The highest BCUT2D eigenvalue weighted by Gasteiger charge is 2.09. The Balaban J connectivity index is 0.000000215. The van der Waals surface area contributed by atoms with Crippen LogP contribution in [0.1, 0.15) is 0 Å². The van der Waals surface area contributed by atoms with Gasteiger partial charge in [0.05, 0.1) is 34.1 Å². The molecule has 0 unspecified atom stereocenters. The van der Waals surface area contributed by atoms with Crippen molar-refractivity contribution >= 4 is 62.3 Å². The molecule has 4 aromatic rings. The lowest BCUT2D eigenvalue weighted by Gasteiger charge is -2.09. The molecule has 0 aliphatic rings. The van der Waals surface area contributed by atoms with Gasteiger partial charge in [-0.2, -0.15) is 0 Å². The van der Waals surface area contributed by atoms with Crippen LogP contribution in [0.3, 0.4) is 0 Å². The largest absolute Gasteiger partial charge is 0.493 e. The second-order valence-electron chi connectivity index (χ2n) is 6.56. The summed E-state index contributed by atoms with van der Waals surface area (Å²) in [5, 5.41) is 0.939. The third-order valence-electron chi connectivity index (χ3n) is 4.28. The lowest BCUT2D eigenvalue weighted by Crippen LogP contribution is -1.92. The number of rotatable bonds is 5. The average molecular weight is 651 g/mol. The summed E-state index contributed by atoms with van der Waals surface area (Å²) in [4.78, 5) is 15.1. The summed E-state index contributed by atoms with van der Waals surface area (Å²) in [7, 11) is 6.38. The van der Waals surface area contributed by atoms with Crippen LogP contribution in [-0.2, 0) is 0 Å². The van der Waals surface area contributed by atoms with E-state index in [1.165, 1.54) is 6.20 Å². The lowest BCUT2D eigenvalue weighted by atomic mass is 10.1. The minimum Gasteiger partial charge on any atom is -0.493 e. The van der Waals surface area contributed by atoms with E-state index >= 15 is 0 Å². The molecular formula is C24H21BrCl4N4O4. The summed E-state index contributed by atoms with van der Waals surface area (Å²) < 4.78 is 21.5. The van der Waals surface area contributed by atoms with Gasteiger partial charge in [0, 0.05) is 22.3 Å². The van der Waals surface area contributed by atoms with E-state index in [0.717, 1.165) is 21.5 Å². The molecule has 4 rings (SSSR count). The van der Waals surface area contributed by atoms with Gasteiger partial charge in [-0.1, -0.05) is 39.1 Å². The number of aromatic nitrogens is 4. The zero-order valence-electron chi connectivity index (χ0n) is 20.0. The second-order valence-corrected chi connectivity index (χ2v) is 8.93. The topological polar surface area (TPSA) is 88.5 Å². The smallest absolute Gasteiger partial charge is 0.224 e. The maximum absolute atomic E-state index is 5.84. The van der Waals surface area contributed by atoms with Gasteiger partial charge >= 0.3 is 0 Å². The molecule has 2 aromatic heterocycles. The van der Waals surface area contributed by atoms with E-state index in [1.54, 1.807) is 52.7 Å². The van der Waals surface area contributed by atoms with Crippen molar-refractivity contribution in [3.05, 3.63) is 80.1 Å². The first-order valence-electron chi connectivity index (χ1n) is 10.1. The zero-order valence-corrected chi connectivity index (χ0v) is 24.6. The molecule has 0 spiro atoms. The Kier molecular flexibility index (Phi) is 13.0. The van der Waals surface area contributed by atoms with E-state index in [4.69, 9.17) is 65.4 Å². The van der Waals surface area contributed by atoms with Crippen LogP contribution in [0.2, 0.25) is 20.9 Å². The summed E-state index contributed by atoms with van der Waals surface area (Å²) in [5.74, 6) is 2.74. The first-order chi connectivity index (χ1) is 17.7. The highest BCUT2D eigenvalue weighted by molar-refractivity contribution is 9.10. The van der Waals surface area contributed by atoms with Crippen molar-refractivity contribution in [2.45, 2.75) is 0 Å². The molecule has 0 atom stereocenters. The Morgan fingerprint density at radius 1 is 0.595 bits per heavy atom. The Labute approximate surface area is 242 Å². The third kappa shape index (κ3) is 10.0. The van der Waals surface area contributed by atoms with Crippen LogP contribution >= 0.6 is 62.3 Å². The van der Waals surface area contributed by atoms with E-state index < -0.39 is 0 Å². The van der Waals surface area contributed by atoms with Crippen molar-refractivity contribution in [1.29, 1.82) is 0 Å². The molecule has 0 saturated heterocycles. The first-order valence-corrected chi connectivity index (χ1v) is 12.4. The Bertz CT molecular complexity index is 1280. The molecule has 8 nitrogen and oxygen atoms in total. The summed E-state index contributed by atoms with van der Waals surface area (Å²) in [6.45, 7) is 0. The lowest BCUT2D eigenvalue weighted by molar-refractivity contribution is 0.354. The highest BCUT2D eigenvalue weighted by Crippen LogP contribution is 2.32. The molecule has 0 N–H and O–H groups in total. The average Bonchev–Trinajstić information content (AvgIpc) is 2.88. The van der Waals surface area contributed by atoms with E-state index in [2.05, 4.69) is 35.9 Å². The third-order valence-corrected chi connectivity index (χ3v) is 5.53. The van der Waals surface area contributed by atoms with Crippen molar-refractivity contribution in [3.8, 4) is 34.3 Å². The Morgan fingerprint density at radius 3 is 1.68 bits per heavy atom. The molecule has 0 aliphatic heterocycles. The van der Waals surface area contributed by atoms with Gasteiger partial charge < -0.3 is 18.9 Å². The molecule has 37 heavy (non-hydrogen) atoms. The van der Waals surface area contributed by atoms with Gasteiger partial charge in [0.15, 0.2) is 23.0 Å². The number of ether oxygens (including phenoxy) is 4. The predicted molar refractivity (Wildman–Crippen MR) is 150 cm³/mol. The molecular weight excluding hydrogens is 630 g/mol. The minimum atomic E-state index is 0.104. The molecule has 0 fully saturated rings. The number of nitrogens with zero attached hydrogens (tertiary/aromatic N) is 4. The molecule has 0 radical (unpaired) electrons. The SMILES string of the molecule is COc1ccc(-c2cc(Cl)nc(Cl)n2)cc1OC.COc1ccc(Br)cc1OC.Clc1ccnc(Cl)n1. The van der Waals surface area contributed by atoms with Crippen LogP contribution in [0.5, 0.6) is 23.0 Å². The maximum Gasteiger partial charge on any atom is 0.224 e. The van der Waals surface area contributed by atoms with Gasteiger partial charge in [-0.3, -0.25) is 0 Å². The number of hydrogen-bond donors (Lipinski definition) is 0. The maximum atomic E-state index is 5.84. The second kappa shape index (κ2) is 15.6. The van der Waals surface area contributed by atoms with Gasteiger partial charge in [-0.15, -0.1) is 0 Å². The monoisotopic (exact) mass is 648 g/mol. The quantitative estimate of drug-likeness (QED) is 0.160. The number of methoxy groups -OCH3 is 4. The molecule has 2 heterocycles. The highest BCUT2D eigenvalue weighted by atomic mass is 79.9. The van der Waals surface area contributed by atoms with Gasteiger partial charge in [0.2, 0.25) is 10.6 Å². The van der Waals surface area contributed by atoms with E-state index in [-0.39, 0.29) is 10.6 Å². The first kappa shape index (κ1) is 30.7. The van der Waals surface area contributed by atoms with Crippen LogP contribution in [0.4, 0.5) is 0 Å². The molecule has 0 saturated carbocycles. The fourth-order valence-corrected chi connectivity index (χ4v) is 3.73. The number of benzene rings is 2. The zero-order chi connectivity index (χ0) is 27.4. The standard InChI is InChI=1S/C12H10Cl2N2O2.C8H9BrO2.C4H2Cl2N2/c1-17-9-4-3-7(5-10(9)18-2)8-6-11(13)16-12(14)15-8;1-10-7-4-3-6(9)5-8(7)11-2;5-3-1-2-7-4(6)8-3/h3-6H,1-2H3;3-5H,1-2H3;1-2H. The summed E-state index contributed by atoms with van der Waals surface area (Å²) in [6.07, 6.45) is 1.50. The van der Waals surface area contributed by atoms with Crippen LogP contribution in [0.15, 0.2) is 59.2 Å². The van der Waals surface area contributed by atoms with Crippen LogP contribution in [-0.4, -0.2) is 48.4 Å². The van der Waals surface area contributed by atoms with Gasteiger partial charge in [-0.25, -0.2) is 19.9 Å². The molecule has 196 valence electrons. The summed E-state index contributed by atoms with van der Waals surface area (Å²) in [6, 6.07) is 14.2. The normalized spacial score (nSPS) is 9.76. The van der Waals surface area contributed by atoms with Crippen molar-refractivity contribution in [2.24, 2.45) is 0 Å².